The van der Waals surface area contributed by atoms with Gasteiger partial charge < -0.3 is 5.32 Å². The van der Waals surface area contributed by atoms with Crippen molar-refractivity contribution in [2.24, 2.45) is 0 Å². The molecule has 0 heterocycles. The zero-order chi connectivity index (χ0) is 15.2. The Kier molecular flexibility index (Phi) is 5.43. The average Bonchev–Trinajstić information content (AvgIpc) is 2.46. The Morgan fingerprint density at radius 2 is 1.71 bits per heavy atom. The van der Waals surface area contributed by atoms with Gasteiger partial charge in [-0.3, -0.25) is 4.79 Å². The predicted octanol–water partition coefficient (Wildman–Crippen LogP) is 4.63. The summed E-state index contributed by atoms with van der Waals surface area (Å²) < 4.78 is 0. The summed E-state index contributed by atoms with van der Waals surface area (Å²) in [4.78, 5) is 11.8. The van der Waals surface area contributed by atoms with Crippen molar-refractivity contribution in [3.05, 3.63) is 75.3 Å². The number of hydrogen-bond acceptors (Lipinski definition) is 1. The van der Waals surface area contributed by atoms with E-state index in [4.69, 9.17) is 23.2 Å². The van der Waals surface area contributed by atoms with Crippen LogP contribution in [0, 0.1) is 6.92 Å². The van der Waals surface area contributed by atoms with Crippen molar-refractivity contribution < 1.29 is 4.79 Å². The van der Waals surface area contributed by atoms with E-state index in [1.807, 2.05) is 31.2 Å². The Bertz CT molecular complexity index is 643. The first-order valence-electron chi connectivity index (χ1n) is 6.52. The van der Waals surface area contributed by atoms with Crippen LogP contribution in [0.15, 0.2) is 48.5 Å². The molecule has 2 rings (SSSR count). The monoisotopic (exact) mass is 319 g/mol. The highest BCUT2D eigenvalue weighted by Crippen LogP contribution is 2.25. The van der Waals surface area contributed by atoms with Gasteiger partial charge in [-0.25, -0.2) is 0 Å². The summed E-state index contributed by atoms with van der Waals surface area (Å²) in [5.41, 5.74) is 2.89. The molecule has 0 unspecified atom stereocenters. The molecule has 108 valence electrons. The number of carbonyl (C=O) groups is 1. The van der Waals surface area contributed by atoms with Gasteiger partial charge in [0.2, 0.25) is 5.91 Å². The Morgan fingerprint density at radius 1 is 1.10 bits per heavy atom. The molecule has 1 amide bonds. The molecule has 0 aliphatic rings. The molecule has 0 saturated carbocycles. The van der Waals surface area contributed by atoms with Crippen LogP contribution in [0.25, 0.3) is 6.08 Å². The van der Waals surface area contributed by atoms with E-state index in [9.17, 15) is 4.79 Å². The summed E-state index contributed by atoms with van der Waals surface area (Å²) in [6.45, 7) is 2.51. The number of aryl methyl sites for hydroxylation is 1. The maximum Gasteiger partial charge on any atom is 0.244 e. The Balaban J connectivity index is 1.95. The van der Waals surface area contributed by atoms with Gasteiger partial charge in [0.1, 0.15) is 0 Å². The number of rotatable bonds is 4. The summed E-state index contributed by atoms with van der Waals surface area (Å²) in [7, 11) is 0. The van der Waals surface area contributed by atoms with Gasteiger partial charge >= 0.3 is 0 Å². The first-order chi connectivity index (χ1) is 10.1. The van der Waals surface area contributed by atoms with Crippen LogP contribution < -0.4 is 5.32 Å². The zero-order valence-corrected chi connectivity index (χ0v) is 13.1. The van der Waals surface area contributed by atoms with E-state index in [2.05, 4.69) is 5.32 Å². The lowest BCUT2D eigenvalue weighted by Crippen LogP contribution is -2.20. The van der Waals surface area contributed by atoms with E-state index in [1.165, 1.54) is 11.6 Å². The molecule has 1 N–H and O–H groups in total. The molecule has 0 aromatic heterocycles. The highest BCUT2D eigenvalue weighted by Gasteiger charge is 2.02. The third-order valence-electron chi connectivity index (χ3n) is 2.99. The molecule has 0 fully saturated rings. The molecule has 2 nitrogen and oxygen atoms in total. The first-order valence-corrected chi connectivity index (χ1v) is 7.27. The molecular formula is C17H15Cl2NO. The maximum absolute atomic E-state index is 11.8. The van der Waals surface area contributed by atoms with Gasteiger partial charge in [-0.1, -0.05) is 59.1 Å². The Morgan fingerprint density at radius 3 is 2.33 bits per heavy atom. The SMILES string of the molecule is Cc1ccc(CNC(=O)C=Cc2c(Cl)cccc2Cl)cc1. The molecule has 4 heteroatoms. The quantitative estimate of drug-likeness (QED) is 0.818. The van der Waals surface area contributed by atoms with Gasteiger partial charge in [0.25, 0.3) is 0 Å². The summed E-state index contributed by atoms with van der Waals surface area (Å²) in [6.07, 6.45) is 3.05. The van der Waals surface area contributed by atoms with Crippen molar-refractivity contribution >= 4 is 35.2 Å². The summed E-state index contributed by atoms with van der Waals surface area (Å²) in [6, 6.07) is 13.2. The molecule has 0 aliphatic carbocycles. The summed E-state index contributed by atoms with van der Waals surface area (Å²) in [5, 5.41) is 3.85. The van der Waals surface area contributed by atoms with E-state index in [0.29, 0.717) is 22.2 Å². The van der Waals surface area contributed by atoms with Crippen LogP contribution in [0.3, 0.4) is 0 Å². The molecule has 0 saturated heterocycles. The summed E-state index contributed by atoms with van der Waals surface area (Å²) in [5.74, 6) is -0.188. The highest BCUT2D eigenvalue weighted by molar-refractivity contribution is 6.37. The van der Waals surface area contributed by atoms with Crippen molar-refractivity contribution in [1.29, 1.82) is 0 Å². The van der Waals surface area contributed by atoms with Crippen molar-refractivity contribution in [2.75, 3.05) is 0 Å². The van der Waals surface area contributed by atoms with Crippen LogP contribution in [0.4, 0.5) is 0 Å². The van der Waals surface area contributed by atoms with Crippen LogP contribution in [0.1, 0.15) is 16.7 Å². The van der Waals surface area contributed by atoms with Gasteiger partial charge in [0.15, 0.2) is 0 Å². The third kappa shape index (κ3) is 4.62. The molecule has 2 aromatic carbocycles. The number of halogens is 2. The maximum atomic E-state index is 11.8. The van der Waals surface area contributed by atoms with Gasteiger partial charge in [0, 0.05) is 28.2 Å². The lowest BCUT2D eigenvalue weighted by atomic mass is 10.1. The van der Waals surface area contributed by atoms with Crippen molar-refractivity contribution in [3.8, 4) is 0 Å². The lowest BCUT2D eigenvalue weighted by Gasteiger charge is -2.04. The van der Waals surface area contributed by atoms with Gasteiger partial charge in [-0.15, -0.1) is 0 Å². The topological polar surface area (TPSA) is 29.1 Å². The fraction of sp³-hybridized carbons (Fsp3) is 0.118. The largest absolute Gasteiger partial charge is 0.348 e. The molecule has 2 aromatic rings. The minimum Gasteiger partial charge on any atom is -0.348 e. The van der Waals surface area contributed by atoms with Gasteiger partial charge in [0.05, 0.1) is 0 Å². The molecular weight excluding hydrogens is 305 g/mol. The van der Waals surface area contributed by atoms with E-state index in [1.54, 1.807) is 24.3 Å². The fourth-order valence-electron chi connectivity index (χ4n) is 1.78. The molecule has 21 heavy (non-hydrogen) atoms. The van der Waals surface area contributed by atoms with E-state index < -0.39 is 0 Å². The number of amides is 1. The molecule has 0 radical (unpaired) electrons. The van der Waals surface area contributed by atoms with Crippen LogP contribution in [-0.2, 0) is 11.3 Å². The number of hydrogen-bond donors (Lipinski definition) is 1. The second kappa shape index (κ2) is 7.30. The third-order valence-corrected chi connectivity index (χ3v) is 3.65. The highest BCUT2D eigenvalue weighted by atomic mass is 35.5. The molecule has 0 bridgehead atoms. The Hall–Kier alpha value is -1.77. The van der Waals surface area contributed by atoms with Gasteiger partial charge in [-0.05, 0) is 30.7 Å². The smallest absolute Gasteiger partial charge is 0.244 e. The molecule has 0 atom stereocenters. The van der Waals surface area contributed by atoms with E-state index in [-0.39, 0.29) is 5.91 Å². The lowest BCUT2D eigenvalue weighted by molar-refractivity contribution is -0.116. The standard InChI is InChI=1S/C17H15Cl2NO/c1-12-5-7-13(8-6-12)11-20-17(21)10-9-14-15(18)3-2-4-16(14)19/h2-10H,11H2,1H3,(H,20,21). The fourth-order valence-corrected chi connectivity index (χ4v) is 2.31. The van der Waals surface area contributed by atoms with Crippen molar-refractivity contribution in [3.63, 3.8) is 0 Å². The van der Waals surface area contributed by atoms with E-state index >= 15 is 0 Å². The zero-order valence-electron chi connectivity index (χ0n) is 11.6. The van der Waals surface area contributed by atoms with Crippen LogP contribution in [0.2, 0.25) is 10.0 Å². The second-order valence-electron chi connectivity index (χ2n) is 4.67. The van der Waals surface area contributed by atoms with Crippen LogP contribution >= 0.6 is 23.2 Å². The predicted molar refractivity (Wildman–Crippen MR) is 88.5 cm³/mol. The normalized spacial score (nSPS) is 10.8. The van der Waals surface area contributed by atoms with E-state index in [0.717, 1.165) is 5.56 Å². The first kappa shape index (κ1) is 15.6. The van der Waals surface area contributed by atoms with Crippen LogP contribution in [0.5, 0.6) is 0 Å². The van der Waals surface area contributed by atoms with Crippen molar-refractivity contribution in [2.45, 2.75) is 13.5 Å². The molecule has 0 spiro atoms. The number of benzene rings is 2. The minimum absolute atomic E-state index is 0.188. The number of nitrogens with one attached hydrogen (secondary N) is 1. The summed E-state index contributed by atoms with van der Waals surface area (Å²) >= 11 is 12.1. The van der Waals surface area contributed by atoms with Crippen LogP contribution in [-0.4, -0.2) is 5.91 Å². The van der Waals surface area contributed by atoms with Crippen molar-refractivity contribution in [1.82, 2.24) is 5.32 Å². The molecule has 0 aliphatic heterocycles. The average molecular weight is 320 g/mol. The Labute approximate surface area is 134 Å². The van der Waals surface area contributed by atoms with Gasteiger partial charge in [-0.2, -0.15) is 0 Å². The number of carbonyl (C=O) groups excluding carboxylic acids is 1. The minimum atomic E-state index is -0.188. The second-order valence-corrected chi connectivity index (χ2v) is 5.49.